The van der Waals surface area contributed by atoms with E-state index in [0.29, 0.717) is 23.7 Å². The van der Waals surface area contributed by atoms with Crippen molar-refractivity contribution >= 4 is 29.2 Å². The van der Waals surface area contributed by atoms with Crippen LogP contribution in [-0.2, 0) is 20.7 Å². The van der Waals surface area contributed by atoms with E-state index in [1.54, 1.807) is 42.5 Å². The van der Waals surface area contributed by atoms with Gasteiger partial charge in [0.1, 0.15) is 18.1 Å². The van der Waals surface area contributed by atoms with Crippen molar-refractivity contribution in [2.24, 2.45) is 5.92 Å². The van der Waals surface area contributed by atoms with Crippen LogP contribution in [0.4, 0.5) is 5.69 Å². The molecule has 0 radical (unpaired) electrons. The minimum Gasteiger partial charge on any atom is -0.494 e. The number of amides is 1. The van der Waals surface area contributed by atoms with Gasteiger partial charge in [-0.15, -0.1) is 0 Å². The predicted octanol–water partition coefficient (Wildman–Crippen LogP) is 3.47. The summed E-state index contributed by atoms with van der Waals surface area (Å²) in [5, 5.41) is 3.26. The highest BCUT2D eigenvalue weighted by molar-refractivity contribution is 6.30. The Morgan fingerprint density at radius 3 is 2.74 bits per heavy atom. The van der Waals surface area contributed by atoms with Crippen LogP contribution in [-0.4, -0.2) is 31.7 Å². The van der Waals surface area contributed by atoms with Crippen molar-refractivity contribution in [1.29, 1.82) is 0 Å². The molecule has 1 amide bonds. The molecule has 1 heterocycles. The van der Waals surface area contributed by atoms with Crippen LogP contribution >= 0.6 is 11.6 Å². The van der Waals surface area contributed by atoms with Gasteiger partial charge in [0.25, 0.3) is 5.91 Å². The lowest BCUT2D eigenvalue weighted by atomic mass is 9.97. The van der Waals surface area contributed by atoms with Gasteiger partial charge in [0.2, 0.25) is 0 Å². The molecule has 0 saturated heterocycles. The van der Waals surface area contributed by atoms with Crippen molar-refractivity contribution in [3.63, 3.8) is 0 Å². The summed E-state index contributed by atoms with van der Waals surface area (Å²) < 4.78 is 16.1. The average molecular weight is 390 g/mol. The molecule has 2 aromatic carbocycles. The number of benzene rings is 2. The number of nitrogens with one attached hydrogen (secondary N) is 1. The summed E-state index contributed by atoms with van der Waals surface area (Å²) >= 11 is 5.98. The maximum atomic E-state index is 12.2. The number of carbonyl (C=O) groups excluding carboxylic acids is 2. The highest BCUT2D eigenvalue weighted by atomic mass is 35.5. The Kier molecular flexibility index (Phi) is 6.19. The van der Waals surface area contributed by atoms with Gasteiger partial charge in [-0.3, -0.25) is 9.59 Å². The second-order valence-electron chi connectivity index (χ2n) is 6.08. The van der Waals surface area contributed by atoms with Gasteiger partial charge < -0.3 is 19.5 Å². The van der Waals surface area contributed by atoms with Gasteiger partial charge in [0.15, 0.2) is 6.61 Å². The fourth-order valence-electron chi connectivity index (χ4n) is 2.77. The molecule has 2 aromatic rings. The number of hydrogen-bond acceptors (Lipinski definition) is 5. The van der Waals surface area contributed by atoms with Crippen LogP contribution in [0.2, 0.25) is 5.02 Å². The summed E-state index contributed by atoms with van der Waals surface area (Å²) in [5.41, 5.74) is 1.46. The average Bonchev–Trinajstić information content (AvgIpc) is 2.67. The molecule has 3 rings (SSSR count). The minimum atomic E-state index is -0.470. The first kappa shape index (κ1) is 19.0. The van der Waals surface area contributed by atoms with Gasteiger partial charge in [-0.2, -0.15) is 0 Å². The van der Waals surface area contributed by atoms with Gasteiger partial charge in [-0.25, -0.2) is 0 Å². The summed E-state index contributed by atoms with van der Waals surface area (Å²) in [4.78, 5) is 24.2. The van der Waals surface area contributed by atoms with E-state index in [4.69, 9.17) is 25.8 Å². The number of esters is 1. The third kappa shape index (κ3) is 5.14. The lowest BCUT2D eigenvalue weighted by molar-refractivity contribution is -0.152. The maximum Gasteiger partial charge on any atom is 0.313 e. The van der Waals surface area contributed by atoms with Gasteiger partial charge in [0, 0.05) is 10.7 Å². The minimum absolute atomic E-state index is 0.216. The molecule has 27 heavy (non-hydrogen) atoms. The van der Waals surface area contributed by atoms with Crippen molar-refractivity contribution < 1.29 is 23.8 Å². The number of carbonyl (C=O) groups is 2. The molecule has 1 aliphatic heterocycles. The van der Waals surface area contributed by atoms with E-state index in [2.05, 4.69) is 5.32 Å². The smallest absolute Gasteiger partial charge is 0.313 e. The molecule has 1 atom stereocenters. The fourth-order valence-corrected chi connectivity index (χ4v) is 2.96. The van der Waals surface area contributed by atoms with E-state index < -0.39 is 17.8 Å². The largest absolute Gasteiger partial charge is 0.494 e. The number of anilines is 1. The monoisotopic (exact) mass is 389 g/mol. The Morgan fingerprint density at radius 1 is 1.22 bits per heavy atom. The van der Waals surface area contributed by atoms with Crippen LogP contribution in [0.25, 0.3) is 0 Å². The second kappa shape index (κ2) is 8.77. The molecule has 0 fully saturated rings. The Bertz CT molecular complexity index is 822. The van der Waals surface area contributed by atoms with Crippen LogP contribution in [0.5, 0.6) is 11.5 Å². The van der Waals surface area contributed by atoms with Crippen LogP contribution < -0.4 is 14.8 Å². The Labute approximate surface area is 162 Å². The zero-order valence-corrected chi connectivity index (χ0v) is 15.6. The summed E-state index contributed by atoms with van der Waals surface area (Å²) in [5.74, 6) is 0.0979. The van der Waals surface area contributed by atoms with Crippen LogP contribution in [0.1, 0.15) is 12.5 Å². The van der Waals surface area contributed by atoms with Crippen LogP contribution in [0.3, 0.4) is 0 Å². The van der Waals surface area contributed by atoms with Crippen LogP contribution in [0, 0.1) is 5.92 Å². The van der Waals surface area contributed by atoms with Crippen molar-refractivity contribution in [2.45, 2.75) is 13.3 Å². The second-order valence-corrected chi connectivity index (χ2v) is 6.51. The number of rotatable bonds is 6. The number of ether oxygens (including phenoxy) is 3. The first-order valence-corrected chi connectivity index (χ1v) is 9.03. The molecule has 6 nitrogen and oxygen atoms in total. The molecule has 7 heteroatoms. The highest BCUT2D eigenvalue weighted by Gasteiger charge is 2.28. The lowest BCUT2D eigenvalue weighted by Gasteiger charge is -2.24. The zero-order valence-electron chi connectivity index (χ0n) is 14.9. The first-order chi connectivity index (χ1) is 13.0. The quantitative estimate of drug-likeness (QED) is 0.766. The normalized spacial score (nSPS) is 15.3. The van der Waals surface area contributed by atoms with Crippen molar-refractivity contribution in [3.05, 3.63) is 53.1 Å². The number of fused-ring (bicyclic) bond motifs is 1. The maximum absolute atomic E-state index is 12.2. The van der Waals surface area contributed by atoms with E-state index in [0.717, 1.165) is 17.1 Å². The number of halogens is 1. The summed E-state index contributed by atoms with van der Waals surface area (Å²) in [7, 11) is 0. The number of hydrogen-bond donors (Lipinski definition) is 1. The van der Waals surface area contributed by atoms with Gasteiger partial charge >= 0.3 is 5.97 Å². The van der Waals surface area contributed by atoms with Crippen molar-refractivity contribution in [3.8, 4) is 11.5 Å². The first-order valence-electron chi connectivity index (χ1n) is 8.65. The molecule has 142 valence electrons. The molecule has 0 spiro atoms. The molecule has 0 unspecified atom stereocenters. The van der Waals surface area contributed by atoms with E-state index >= 15 is 0 Å². The molecule has 0 aliphatic carbocycles. The van der Waals surface area contributed by atoms with Gasteiger partial charge in [-0.1, -0.05) is 11.6 Å². The molecule has 1 aliphatic rings. The third-order valence-electron chi connectivity index (χ3n) is 4.06. The molecular weight excluding hydrogens is 370 g/mol. The topological polar surface area (TPSA) is 73.9 Å². The zero-order chi connectivity index (χ0) is 19.2. The molecule has 0 bridgehead atoms. The molecular formula is C20H20ClNO5. The standard InChI is InChI=1S/C20H20ClNO5/c1-2-25-17-6-4-16(5-7-17)22-19(23)12-27-20(24)14-9-13-10-15(21)3-8-18(13)26-11-14/h3-8,10,14H,2,9,11-12H2,1H3,(H,22,23)/t14-/m1/s1. The van der Waals surface area contributed by atoms with Crippen molar-refractivity contribution in [1.82, 2.24) is 0 Å². The predicted molar refractivity (Wildman–Crippen MR) is 101 cm³/mol. The van der Waals surface area contributed by atoms with Gasteiger partial charge in [0.05, 0.1) is 12.5 Å². The van der Waals surface area contributed by atoms with E-state index in [1.807, 2.05) is 6.92 Å². The van der Waals surface area contributed by atoms with E-state index in [9.17, 15) is 9.59 Å². The highest BCUT2D eigenvalue weighted by Crippen LogP contribution is 2.30. The van der Waals surface area contributed by atoms with Gasteiger partial charge in [-0.05, 0) is 61.4 Å². The molecule has 1 N–H and O–H groups in total. The van der Waals surface area contributed by atoms with E-state index in [1.165, 1.54) is 0 Å². The Morgan fingerprint density at radius 2 is 2.00 bits per heavy atom. The molecule has 0 saturated carbocycles. The fraction of sp³-hybridized carbons (Fsp3) is 0.300. The summed E-state index contributed by atoms with van der Waals surface area (Å²) in [6.07, 6.45) is 0.467. The van der Waals surface area contributed by atoms with E-state index in [-0.39, 0.29) is 13.2 Å². The third-order valence-corrected chi connectivity index (χ3v) is 4.29. The SMILES string of the molecule is CCOc1ccc(NC(=O)COC(=O)[C@H]2COc3ccc(Cl)cc3C2)cc1. The Balaban J connectivity index is 1.48. The van der Waals surface area contributed by atoms with Crippen LogP contribution in [0.15, 0.2) is 42.5 Å². The Hall–Kier alpha value is -2.73. The summed E-state index contributed by atoms with van der Waals surface area (Å²) in [6.45, 7) is 2.33. The lowest BCUT2D eigenvalue weighted by Crippen LogP contribution is -2.31. The molecule has 0 aromatic heterocycles. The van der Waals surface area contributed by atoms with Crippen molar-refractivity contribution in [2.75, 3.05) is 25.1 Å². The summed E-state index contributed by atoms with van der Waals surface area (Å²) in [6, 6.07) is 12.3.